The lowest BCUT2D eigenvalue weighted by Gasteiger charge is -2.12. The predicted octanol–water partition coefficient (Wildman–Crippen LogP) is 0.449. The van der Waals surface area contributed by atoms with E-state index in [1.807, 2.05) is 6.07 Å². The van der Waals surface area contributed by atoms with E-state index in [1.54, 1.807) is 12.3 Å². The Kier molecular flexibility index (Phi) is 2.65. The van der Waals surface area contributed by atoms with E-state index in [0.29, 0.717) is 24.0 Å². The van der Waals surface area contributed by atoms with Gasteiger partial charge in [-0.25, -0.2) is 4.98 Å². The number of aromatic nitrogens is 1. The summed E-state index contributed by atoms with van der Waals surface area (Å²) in [5.41, 5.74) is 6.35. The number of nitrogens with zero attached hydrogens (tertiary/aromatic N) is 1. The minimum absolute atomic E-state index is 0.414. The molecule has 1 saturated carbocycles. The van der Waals surface area contributed by atoms with Gasteiger partial charge >= 0.3 is 0 Å². The van der Waals surface area contributed by atoms with Crippen molar-refractivity contribution in [2.24, 2.45) is 0 Å². The van der Waals surface area contributed by atoms with Crippen LogP contribution in [0.15, 0.2) is 18.3 Å². The molecule has 1 aromatic rings. The van der Waals surface area contributed by atoms with Crippen LogP contribution in [-0.4, -0.2) is 22.7 Å². The molecule has 0 bridgehead atoms. The average molecular weight is 193 g/mol. The third-order valence-electron chi connectivity index (χ3n) is 2.41. The van der Waals surface area contributed by atoms with Crippen molar-refractivity contribution in [1.82, 2.24) is 10.3 Å². The first-order valence-corrected chi connectivity index (χ1v) is 4.89. The minimum atomic E-state index is -0.552. The van der Waals surface area contributed by atoms with Crippen LogP contribution in [0.2, 0.25) is 0 Å². The molecule has 14 heavy (non-hydrogen) atoms. The molecule has 0 aliphatic heterocycles. The zero-order valence-electron chi connectivity index (χ0n) is 7.98. The summed E-state index contributed by atoms with van der Waals surface area (Å²) in [7, 11) is 0. The Morgan fingerprint density at radius 3 is 3.07 bits per heavy atom. The molecular weight excluding hydrogens is 178 g/mol. The summed E-state index contributed by atoms with van der Waals surface area (Å²) in [6.45, 7) is 0.556. The van der Waals surface area contributed by atoms with Gasteiger partial charge in [-0.05, 0) is 18.9 Å². The molecule has 0 radical (unpaired) electrons. The number of hydrogen-bond donors (Lipinski definition) is 3. The minimum Gasteiger partial charge on any atom is -0.387 e. The zero-order valence-corrected chi connectivity index (χ0v) is 7.98. The highest BCUT2D eigenvalue weighted by molar-refractivity contribution is 5.40. The van der Waals surface area contributed by atoms with Gasteiger partial charge in [-0.15, -0.1) is 0 Å². The van der Waals surface area contributed by atoms with Crippen LogP contribution in [0.5, 0.6) is 0 Å². The number of anilines is 1. The number of nitrogens with one attached hydrogen (secondary N) is 1. The van der Waals surface area contributed by atoms with Gasteiger partial charge in [0.25, 0.3) is 0 Å². The fourth-order valence-corrected chi connectivity index (χ4v) is 1.39. The number of aliphatic hydroxyl groups excluding tert-OH is 1. The maximum atomic E-state index is 9.80. The molecular formula is C10H15N3O. The molecule has 0 aromatic carbocycles. The fourth-order valence-electron chi connectivity index (χ4n) is 1.39. The summed E-state index contributed by atoms with van der Waals surface area (Å²) >= 11 is 0. The van der Waals surface area contributed by atoms with Crippen LogP contribution in [0.4, 0.5) is 5.82 Å². The zero-order chi connectivity index (χ0) is 9.97. The third-order valence-corrected chi connectivity index (χ3v) is 2.41. The van der Waals surface area contributed by atoms with E-state index in [0.717, 1.165) is 0 Å². The molecule has 1 atom stereocenters. The molecule has 0 spiro atoms. The molecule has 4 heteroatoms. The van der Waals surface area contributed by atoms with E-state index in [2.05, 4.69) is 10.3 Å². The summed E-state index contributed by atoms with van der Waals surface area (Å²) in [4.78, 5) is 3.93. The van der Waals surface area contributed by atoms with Gasteiger partial charge in [0.15, 0.2) is 0 Å². The Hall–Kier alpha value is -1.13. The molecule has 1 fully saturated rings. The molecule has 1 heterocycles. The van der Waals surface area contributed by atoms with Crippen molar-refractivity contribution >= 4 is 5.82 Å². The van der Waals surface area contributed by atoms with Crippen molar-refractivity contribution in [3.63, 3.8) is 0 Å². The first-order chi connectivity index (χ1) is 6.77. The Morgan fingerprint density at radius 2 is 2.43 bits per heavy atom. The van der Waals surface area contributed by atoms with Crippen LogP contribution in [0.25, 0.3) is 0 Å². The highest BCUT2D eigenvalue weighted by atomic mass is 16.3. The van der Waals surface area contributed by atoms with Crippen molar-refractivity contribution in [2.45, 2.75) is 25.0 Å². The highest BCUT2D eigenvalue weighted by Gasteiger charge is 2.22. The Balaban J connectivity index is 1.95. The summed E-state index contributed by atoms with van der Waals surface area (Å²) in [5.74, 6) is 0.414. The first-order valence-electron chi connectivity index (χ1n) is 4.89. The second-order valence-electron chi connectivity index (χ2n) is 3.68. The lowest BCUT2D eigenvalue weighted by atomic mass is 10.1. The van der Waals surface area contributed by atoms with Crippen LogP contribution in [0, 0.1) is 0 Å². The average Bonchev–Trinajstić information content (AvgIpc) is 2.98. The number of hydrogen-bond acceptors (Lipinski definition) is 4. The summed E-state index contributed by atoms with van der Waals surface area (Å²) in [5, 5.41) is 13.0. The molecule has 0 amide bonds. The molecule has 2 rings (SSSR count). The molecule has 76 valence electrons. The van der Waals surface area contributed by atoms with E-state index in [4.69, 9.17) is 5.73 Å². The lowest BCUT2D eigenvalue weighted by molar-refractivity contribution is 0.174. The van der Waals surface area contributed by atoms with Gasteiger partial charge in [0.1, 0.15) is 5.82 Å². The number of nitrogen functional groups attached to an aromatic ring is 1. The lowest BCUT2D eigenvalue weighted by Crippen LogP contribution is -2.24. The molecule has 4 N–H and O–H groups in total. The summed E-state index contributed by atoms with van der Waals surface area (Å²) in [6, 6.07) is 4.19. The monoisotopic (exact) mass is 193 g/mol. The highest BCUT2D eigenvalue weighted by Crippen LogP contribution is 2.21. The van der Waals surface area contributed by atoms with Crippen molar-refractivity contribution < 1.29 is 5.11 Å². The number of nitrogens with two attached hydrogens (primary N) is 1. The van der Waals surface area contributed by atoms with Gasteiger partial charge in [0, 0.05) is 24.3 Å². The SMILES string of the molecule is Nc1ncccc1C(O)CNC1CC1. The summed E-state index contributed by atoms with van der Waals surface area (Å²) in [6.07, 6.45) is 3.51. The largest absolute Gasteiger partial charge is 0.387 e. The van der Waals surface area contributed by atoms with Gasteiger partial charge < -0.3 is 16.2 Å². The Bertz CT molecular complexity index is 312. The number of pyridine rings is 1. The third kappa shape index (κ3) is 2.21. The second-order valence-corrected chi connectivity index (χ2v) is 3.68. The maximum absolute atomic E-state index is 9.80. The predicted molar refractivity (Wildman–Crippen MR) is 54.6 cm³/mol. The normalized spacial score (nSPS) is 18.1. The van der Waals surface area contributed by atoms with Gasteiger partial charge in [-0.1, -0.05) is 6.07 Å². The van der Waals surface area contributed by atoms with E-state index >= 15 is 0 Å². The van der Waals surface area contributed by atoms with Crippen LogP contribution in [-0.2, 0) is 0 Å². The van der Waals surface area contributed by atoms with E-state index in [9.17, 15) is 5.11 Å². The quantitative estimate of drug-likeness (QED) is 0.649. The van der Waals surface area contributed by atoms with Crippen molar-refractivity contribution in [1.29, 1.82) is 0 Å². The topological polar surface area (TPSA) is 71.2 Å². The van der Waals surface area contributed by atoms with Crippen LogP contribution in [0.1, 0.15) is 24.5 Å². The van der Waals surface area contributed by atoms with Gasteiger partial charge in [-0.3, -0.25) is 0 Å². The molecule has 1 aromatic heterocycles. The van der Waals surface area contributed by atoms with Crippen molar-refractivity contribution in [3.8, 4) is 0 Å². The molecule has 0 saturated heterocycles. The Labute approximate surface area is 83.2 Å². The van der Waals surface area contributed by atoms with Crippen LogP contribution < -0.4 is 11.1 Å². The van der Waals surface area contributed by atoms with Gasteiger partial charge in [0.05, 0.1) is 6.10 Å². The van der Waals surface area contributed by atoms with Crippen LogP contribution in [0.3, 0.4) is 0 Å². The summed E-state index contributed by atoms with van der Waals surface area (Å²) < 4.78 is 0. The van der Waals surface area contributed by atoms with Crippen molar-refractivity contribution in [3.05, 3.63) is 23.9 Å². The Morgan fingerprint density at radius 1 is 1.64 bits per heavy atom. The van der Waals surface area contributed by atoms with Crippen molar-refractivity contribution in [2.75, 3.05) is 12.3 Å². The smallest absolute Gasteiger partial charge is 0.129 e. The van der Waals surface area contributed by atoms with Gasteiger partial charge in [0.2, 0.25) is 0 Å². The van der Waals surface area contributed by atoms with E-state index < -0.39 is 6.10 Å². The second kappa shape index (κ2) is 3.94. The van der Waals surface area contributed by atoms with Gasteiger partial charge in [-0.2, -0.15) is 0 Å². The number of rotatable bonds is 4. The van der Waals surface area contributed by atoms with Crippen LogP contribution >= 0.6 is 0 Å². The van der Waals surface area contributed by atoms with E-state index in [-0.39, 0.29) is 0 Å². The first kappa shape index (κ1) is 9.43. The standard InChI is InChI=1S/C10H15N3O/c11-10-8(2-1-5-12-10)9(14)6-13-7-3-4-7/h1-2,5,7,9,13-14H,3-4,6H2,(H2,11,12). The molecule has 1 aliphatic rings. The number of aliphatic hydroxyl groups is 1. The molecule has 1 unspecified atom stereocenters. The fraction of sp³-hybridized carbons (Fsp3) is 0.500. The van der Waals surface area contributed by atoms with E-state index in [1.165, 1.54) is 12.8 Å². The molecule has 1 aliphatic carbocycles. The molecule has 4 nitrogen and oxygen atoms in total. The maximum Gasteiger partial charge on any atom is 0.129 e.